The molecule has 1 rings (SSSR count). The number of para-hydroxylation sites is 1. The van der Waals surface area contributed by atoms with Gasteiger partial charge in [-0.25, -0.2) is 0 Å². The molecule has 0 bridgehead atoms. The average molecular weight is 196 g/mol. The van der Waals surface area contributed by atoms with E-state index in [0.717, 1.165) is 5.75 Å². The average Bonchev–Trinajstić information content (AvgIpc) is 2.25. The first kappa shape index (κ1) is 11.0. The lowest BCUT2D eigenvalue weighted by atomic mass is 10.3. The van der Waals surface area contributed by atoms with Crippen molar-refractivity contribution in [2.75, 3.05) is 19.8 Å². The van der Waals surface area contributed by atoms with Crippen molar-refractivity contribution in [3.05, 3.63) is 30.3 Å². The Morgan fingerprint density at radius 3 is 2.64 bits per heavy atom. The van der Waals surface area contributed by atoms with Crippen molar-refractivity contribution in [1.29, 1.82) is 0 Å². The number of rotatable bonds is 6. The van der Waals surface area contributed by atoms with Crippen LogP contribution in [0.1, 0.15) is 6.92 Å². The second-order valence-electron chi connectivity index (χ2n) is 3.03. The Morgan fingerprint density at radius 2 is 2.00 bits per heavy atom. The molecule has 0 amide bonds. The summed E-state index contributed by atoms with van der Waals surface area (Å²) < 4.78 is 10.7. The third kappa shape index (κ3) is 4.25. The molecule has 0 aliphatic rings. The van der Waals surface area contributed by atoms with Crippen molar-refractivity contribution in [3.8, 4) is 5.75 Å². The van der Waals surface area contributed by atoms with E-state index in [4.69, 9.17) is 14.6 Å². The first-order valence-corrected chi connectivity index (χ1v) is 4.73. The van der Waals surface area contributed by atoms with Crippen molar-refractivity contribution in [2.45, 2.75) is 13.0 Å². The summed E-state index contributed by atoms with van der Waals surface area (Å²) >= 11 is 0. The molecule has 0 saturated carbocycles. The molecule has 1 atom stereocenters. The SMILES string of the molecule is CC(COc1ccccc1)OCCO. The second kappa shape index (κ2) is 6.40. The third-order valence-corrected chi connectivity index (χ3v) is 1.72. The number of ether oxygens (including phenoxy) is 2. The molecule has 0 spiro atoms. The van der Waals surface area contributed by atoms with E-state index in [0.29, 0.717) is 13.2 Å². The molecule has 0 heterocycles. The molecule has 0 radical (unpaired) electrons. The maximum absolute atomic E-state index is 8.53. The fraction of sp³-hybridized carbons (Fsp3) is 0.455. The van der Waals surface area contributed by atoms with Gasteiger partial charge in [-0.3, -0.25) is 0 Å². The fourth-order valence-electron chi connectivity index (χ4n) is 1.03. The Balaban J connectivity index is 2.20. The van der Waals surface area contributed by atoms with Gasteiger partial charge in [0.2, 0.25) is 0 Å². The molecule has 1 aromatic carbocycles. The van der Waals surface area contributed by atoms with Crippen molar-refractivity contribution in [1.82, 2.24) is 0 Å². The lowest BCUT2D eigenvalue weighted by molar-refractivity contribution is 0.0132. The van der Waals surface area contributed by atoms with E-state index in [-0.39, 0.29) is 12.7 Å². The molecule has 1 N–H and O–H groups in total. The highest BCUT2D eigenvalue weighted by Gasteiger charge is 2.02. The van der Waals surface area contributed by atoms with Crippen LogP contribution in [0.15, 0.2) is 30.3 Å². The molecular weight excluding hydrogens is 180 g/mol. The highest BCUT2D eigenvalue weighted by molar-refractivity contribution is 5.20. The quantitative estimate of drug-likeness (QED) is 0.748. The van der Waals surface area contributed by atoms with Gasteiger partial charge in [0.15, 0.2) is 0 Å². The van der Waals surface area contributed by atoms with Crippen LogP contribution in [0.5, 0.6) is 5.75 Å². The zero-order valence-electron chi connectivity index (χ0n) is 8.35. The molecule has 0 fully saturated rings. The zero-order valence-corrected chi connectivity index (χ0v) is 8.35. The summed E-state index contributed by atoms with van der Waals surface area (Å²) in [6, 6.07) is 9.60. The predicted octanol–water partition coefficient (Wildman–Crippen LogP) is 1.46. The fourth-order valence-corrected chi connectivity index (χ4v) is 1.03. The first-order valence-electron chi connectivity index (χ1n) is 4.73. The van der Waals surface area contributed by atoms with Gasteiger partial charge in [-0.2, -0.15) is 0 Å². The van der Waals surface area contributed by atoms with E-state index >= 15 is 0 Å². The highest BCUT2D eigenvalue weighted by Crippen LogP contribution is 2.08. The Morgan fingerprint density at radius 1 is 1.29 bits per heavy atom. The summed E-state index contributed by atoms with van der Waals surface area (Å²) in [5.41, 5.74) is 0. The molecule has 1 unspecified atom stereocenters. The molecule has 0 saturated heterocycles. The van der Waals surface area contributed by atoms with Crippen LogP contribution in [0.25, 0.3) is 0 Å². The molecule has 3 nitrogen and oxygen atoms in total. The minimum absolute atomic E-state index is 0.00218. The van der Waals surface area contributed by atoms with Gasteiger partial charge >= 0.3 is 0 Å². The van der Waals surface area contributed by atoms with Crippen molar-refractivity contribution >= 4 is 0 Å². The number of aliphatic hydroxyl groups is 1. The summed E-state index contributed by atoms with van der Waals surface area (Å²) in [6.07, 6.45) is 0.00218. The van der Waals surface area contributed by atoms with Crippen LogP contribution in [-0.2, 0) is 4.74 Å². The molecular formula is C11H16O3. The largest absolute Gasteiger partial charge is 0.491 e. The van der Waals surface area contributed by atoms with Gasteiger partial charge in [0, 0.05) is 0 Å². The topological polar surface area (TPSA) is 38.7 Å². The van der Waals surface area contributed by atoms with E-state index < -0.39 is 0 Å². The van der Waals surface area contributed by atoms with Gasteiger partial charge in [-0.05, 0) is 19.1 Å². The Hall–Kier alpha value is -1.06. The van der Waals surface area contributed by atoms with Crippen molar-refractivity contribution in [3.63, 3.8) is 0 Å². The summed E-state index contributed by atoms with van der Waals surface area (Å²) in [6.45, 7) is 2.83. The van der Waals surface area contributed by atoms with Gasteiger partial charge in [0.05, 0.1) is 19.3 Å². The van der Waals surface area contributed by atoms with Crippen molar-refractivity contribution in [2.24, 2.45) is 0 Å². The molecule has 0 aliphatic heterocycles. The molecule has 14 heavy (non-hydrogen) atoms. The van der Waals surface area contributed by atoms with Crippen LogP contribution in [0.2, 0.25) is 0 Å². The van der Waals surface area contributed by atoms with E-state index in [9.17, 15) is 0 Å². The Kier molecular flexibility index (Phi) is 5.04. The molecule has 78 valence electrons. The van der Waals surface area contributed by atoms with Crippen LogP contribution in [0.3, 0.4) is 0 Å². The number of hydrogen-bond donors (Lipinski definition) is 1. The minimum Gasteiger partial charge on any atom is -0.491 e. The molecule has 0 aliphatic carbocycles. The normalized spacial score (nSPS) is 12.4. The number of hydrogen-bond acceptors (Lipinski definition) is 3. The molecule has 0 aromatic heterocycles. The van der Waals surface area contributed by atoms with Crippen LogP contribution < -0.4 is 4.74 Å². The van der Waals surface area contributed by atoms with E-state index in [1.165, 1.54) is 0 Å². The lowest BCUT2D eigenvalue weighted by Crippen LogP contribution is -2.19. The number of benzene rings is 1. The van der Waals surface area contributed by atoms with Crippen molar-refractivity contribution < 1.29 is 14.6 Å². The summed E-state index contributed by atoms with van der Waals surface area (Å²) in [7, 11) is 0. The van der Waals surface area contributed by atoms with E-state index in [1.54, 1.807) is 0 Å². The van der Waals surface area contributed by atoms with E-state index in [2.05, 4.69) is 0 Å². The van der Waals surface area contributed by atoms with Crippen LogP contribution >= 0.6 is 0 Å². The summed E-state index contributed by atoms with van der Waals surface area (Å²) in [5, 5.41) is 8.53. The van der Waals surface area contributed by atoms with E-state index in [1.807, 2.05) is 37.3 Å². The van der Waals surface area contributed by atoms with Crippen LogP contribution in [0.4, 0.5) is 0 Å². The van der Waals surface area contributed by atoms with Crippen LogP contribution in [0, 0.1) is 0 Å². The second-order valence-corrected chi connectivity index (χ2v) is 3.03. The van der Waals surface area contributed by atoms with Gasteiger partial charge in [0.1, 0.15) is 12.4 Å². The highest BCUT2D eigenvalue weighted by atomic mass is 16.5. The Bertz CT molecular complexity index is 236. The van der Waals surface area contributed by atoms with Gasteiger partial charge < -0.3 is 14.6 Å². The minimum atomic E-state index is 0.00218. The third-order valence-electron chi connectivity index (χ3n) is 1.72. The lowest BCUT2D eigenvalue weighted by Gasteiger charge is -2.13. The van der Waals surface area contributed by atoms with Gasteiger partial charge in [-0.1, -0.05) is 18.2 Å². The maximum Gasteiger partial charge on any atom is 0.119 e. The first-order chi connectivity index (χ1) is 6.83. The maximum atomic E-state index is 8.53. The standard InChI is InChI=1S/C11H16O3/c1-10(13-8-7-12)9-14-11-5-3-2-4-6-11/h2-6,10,12H,7-9H2,1H3. The number of aliphatic hydroxyl groups excluding tert-OH is 1. The molecule has 3 heteroatoms. The van der Waals surface area contributed by atoms with Gasteiger partial charge in [0.25, 0.3) is 0 Å². The Labute approximate surface area is 84.3 Å². The van der Waals surface area contributed by atoms with Gasteiger partial charge in [-0.15, -0.1) is 0 Å². The smallest absolute Gasteiger partial charge is 0.119 e. The zero-order chi connectivity index (χ0) is 10.2. The van der Waals surface area contributed by atoms with Crippen LogP contribution in [-0.4, -0.2) is 31.0 Å². The molecule has 1 aromatic rings. The monoisotopic (exact) mass is 196 g/mol. The summed E-state index contributed by atoms with van der Waals surface area (Å²) in [5.74, 6) is 0.840. The predicted molar refractivity (Wildman–Crippen MR) is 54.4 cm³/mol. The summed E-state index contributed by atoms with van der Waals surface area (Å²) in [4.78, 5) is 0.